The summed E-state index contributed by atoms with van der Waals surface area (Å²) in [5.74, 6) is -0.794. The Kier molecular flexibility index (Phi) is 36.2. The van der Waals surface area contributed by atoms with Crippen molar-refractivity contribution >= 4 is 11.9 Å². The van der Waals surface area contributed by atoms with Gasteiger partial charge in [-0.05, 0) is 83.1 Å². The molecule has 0 heterocycles. The van der Waals surface area contributed by atoms with E-state index in [1.165, 1.54) is 89.9 Å². The van der Waals surface area contributed by atoms with E-state index in [1.54, 1.807) is 0 Å². The number of unbranched alkanes of at least 4 members (excludes halogenated alkanes) is 18. The number of allylic oxidation sites excluding steroid dienone is 9. The first-order valence-electron chi connectivity index (χ1n) is 19.8. The Bertz CT molecular complexity index is 835. The summed E-state index contributed by atoms with van der Waals surface area (Å²) in [6.07, 6.45) is 52.6. The smallest absolute Gasteiger partial charge is 0.306 e. The average Bonchev–Trinajstić information content (AvgIpc) is 3.05. The van der Waals surface area contributed by atoms with Crippen molar-refractivity contribution in [3.05, 3.63) is 60.8 Å². The van der Waals surface area contributed by atoms with E-state index in [0.717, 1.165) is 77.0 Å². The second kappa shape index (κ2) is 38.1. The summed E-state index contributed by atoms with van der Waals surface area (Å²) in [4.78, 5) is 23.3. The molecule has 0 fully saturated rings. The minimum Gasteiger partial charge on any atom is -0.481 e. The lowest BCUT2D eigenvalue weighted by molar-refractivity contribution is -0.147. The molecule has 0 aliphatic rings. The molecule has 0 aliphatic heterocycles. The maximum absolute atomic E-state index is 12.6. The van der Waals surface area contributed by atoms with Crippen LogP contribution < -0.4 is 0 Å². The number of carboxylic acid groups (broad SMARTS) is 1. The molecule has 0 saturated heterocycles. The standard InChI is InChI=1S/C43H74O4/c1-3-5-7-9-11-12-13-14-15-16-17-18-19-20-21-22-23-24-25-26-28-30-36-40-43(46)47-41(37-33-29-27-10-8-6-4-2)38-34-31-32-35-39-42(44)45/h5,7,11-12,14-15,17-18,33,37,41H,3-4,6,8-10,13,16,19-32,34-36,38-40H2,1-2H3,(H,44,45)/b7-5-,12-11-,15-14-,18-17-,37-33-. The SMILES string of the molecule is CC/C=C\C/C=C\C/C=C\C/C=C\CCCCCCCCCCCCC(=O)OC(/C=C\CCCCCCC)CCCCCCC(=O)O. The number of aliphatic carboxylic acids is 1. The largest absolute Gasteiger partial charge is 0.481 e. The fraction of sp³-hybridized carbons (Fsp3) is 0.721. The first-order chi connectivity index (χ1) is 23.1. The van der Waals surface area contributed by atoms with Crippen molar-refractivity contribution < 1.29 is 19.4 Å². The lowest BCUT2D eigenvalue weighted by Gasteiger charge is -2.15. The molecular formula is C43H74O4. The van der Waals surface area contributed by atoms with Crippen LogP contribution in [0.2, 0.25) is 0 Å². The highest BCUT2D eigenvalue weighted by Crippen LogP contribution is 2.16. The van der Waals surface area contributed by atoms with Crippen LogP contribution in [0.15, 0.2) is 60.8 Å². The lowest BCUT2D eigenvalue weighted by atomic mass is 10.0. The number of rotatable bonds is 35. The number of esters is 1. The molecule has 0 saturated carbocycles. The fourth-order valence-corrected chi connectivity index (χ4v) is 5.55. The normalized spacial score (nSPS) is 12.9. The Morgan fingerprint density at radius 3 is 1.51 bits per heavy atom. The van der Waals surface area contributed by atoms with Crippen LogP contribution in [-0.2, 0) is 14.3 Å². The predicted molar refractivity (Wildman–Crippen MR) is 204 cm³/mol. The number of carboxylic acids is 1. The highest BCUT2D eigenvalue weighted by molar-refractivity contribution is 5.69. The molecule has 1 atom stereocenters. The van der Waals surface area contributed by atoms with Gasteiger partial charge in [0.05, 0.1) is 0 Å². The van der Waals surface area contributed by atoms with Crippen LogP contribution >= 0.6 is 0 Å². The monoisotopic (exact) mass is 655 g/mol. The number of carbonyl (C=O) groups is 2. The molecule has 1 N–H and O–H groups in total. The van der Waals surface area contributed by atoms with Gasteiger partial charge in [0, 0.05) is 12.8 Å². The summed E-state index contributed by atoms with van der Waals surface area (Å²) in [5, 5.41) is 8.81. The van der Waals surface area contributed by atoms with Gasteiger partial charge in [0.1, 0.15) is 6.10 Å². The number of carbonyl (C=O) groups excluding carboxylic acids is 1. The summed E-state index contributed by atoms with van der Waals surface area (Å²) < 4.78 is 5.86. The summed E-state index contributed by atoms with van der Waals surface area (Å²) in [5.41, 5.74) is 0. The zero-order chi connectivity index (χ0) is 34.3. The van der Waals surface area contributed by atoms with Crippen LogP contribution in [0.5, 0.6) is 0 Å². The molecule has 47 heavy (non-hydrogen) atoms. The van der Waals surface area contributed by atoms with Crippen LogP contribution in [-0.4, -0.2) is 23.1 Å². The van der Waals surface area contributed by atoms with Crippen molar-refractivity contribution in [1.82, 2.24) is 0 Å². The maximum Gasteiger partial charge on any atom is 0.306 e. The van der Waals surface area contributed by atoms with Gasteiger partial charge in [0.25, 0.3) is 0 Å². The van der Waals surface area contributed by atoms with Crippen molar-refractivity contribution in [3.63, 3.8) is 0 Å². The minimum absolute atomic E-state index is 0.0706. The van der Waals surface area contributed by atoms with E-state index in [1.807, 2.05) is 0 Å². The Morgan fingerprint density at radius 2 is 0.957 bits per heavy atom. The predicted octanol–water partition coefficient (Wildman–Crippen LogP) is 13.7. The number of hydrogen-bond donors (Lipinski definition) is 1. The van der Waals surface area contributed by atoms with Gasteiger partial charge >= 0.3 is 11.9 Å². The fourth-order valence-electron chi connectivity index (χ4n) is 5.55. The molecule has 270 valence electrons. The van der Waals surface area contributed by atoms with E-state index in [0.29, 0.717) is 6.42 Å². The van der Waals surface area contributed by atoms with Gasteiger partial charge in [-0.25, -0.2) is 0 Å². The highest BCUT2D eigenvalue weighted by atomic mass is 16.5. The molecule has 4 heteroatoms. The molecule has 0 bridgehead atoms. The Labute approximate surface area is 291 Å². The van der Waals surface area contributed by atoms with Gasteiger partial charge in [-0.2, -0.15) is 0 Å². The Balaban J connectivity index is 3.84. The molecule has 0 aliphatic carbocycles. The Hall–Kier alpha value is -2.36. The van der Waals surface area contributed by atoms with E-state index in [4.69, 9.17) is 9.84 Å². The van der Waals surface area contributed by atoms with E-state index in [9.17, 15) is 9.59 Å². The minimum atomic E-state index is -0.724. The van der Waals surface area contributed by atoms with Gasteiger partial charge in [-0.1, -0.05) is 158 Å². The van der Waals surface area contributed by atoms with E-state index in [2.05, 4.69) is 74.6 Å². The van der Waals surface area contributed by atoms with Gasteiger partial charge in [-0.3, -0.25) is 9.59 Å². The van der Waals surface area contributed by atoms with Crippen molar-refractivity contribution in [2.24, 2.45) is 0 Å². The molecule has 0 aromatic rings. The number of hydrogen-bond acceptors (Lipinski definition) is 3. The van der Waals surface area contributed by atoms with E-state index in [-0.39, 0.29) is 18.5 Å². The third-order valence-electron chi connectivity index (χ3n) is 8.46. The first-order valence-corrected chi connectivity index (χ1v) is 19.8. The van der Waals surface area contributed by atoms with Gasteiger partial charge in [-0.15, -0.1) is 0 Å². The summed E-state index contributed by atoms with van der Waals surface area (Å²) in [6.45, 7) is 4.40. The molecule has 0 amide bonds. The first kappa shape index (κ1) is 44.6. The topological polar surface area (TPSA) is 63.6 Å². The molecule has 0 aromatic carbocycles. The zero-order valence-corrected chi connectivity index (χ0v) is 30.8. The van der Waals surface area contributed by atoms with Crippen molar-refractivity contribution in [2.45, 2.75) is 200 Å². The second-order valence-electron chi connectivity index (χ2n) is 13.1. The summed E-state index contributed by atoms with van der Waals surface area (Å²) in [6, 6.07) is 0. The zero-order valence-electron chi connectivity index (χ0n) is 30.8. The molecule has 0 spiro atoms. The van der Waals surface area contributed by atoms with Crippen molar-refractivity contribution in [2.75, 3.05) is 0 Å². The summed E-state index contributed by atoms with van der Waals surface area (Å²) >= 11 is 0. The van der Waals surface area contributed by atoms with Crippen LogP contribution in [0.4, 0.5) is 0 Å². The lowest BCUT2D eigenvalue weighted by Crippen LogP contribution is -2.16. The average molecular weight is 655 g/mol. The molecule has 0 rings (SSSR count). The Morgan fingerprint density at radius 1 is 0.511 bits per heavy atom. The van der Waals surface area contributed by atoms with E-state index >= 15 is 0 Å². The third kappa shape index (κ3) is 38.0. The highest BCUT2D eigenvalue weighted by Gasteiger charge is 2.11. The molecule has 4 nitrogen and oxygen atoms in total. The maximum atomic E-state index is 12.6. The second-order valence-corrected chi connectivity index (χ2v) is 13.1. The summed E-state index contributed by atoms with van der Waals surface area (Å²) in [7, 11) is 0. The molecule has 1 unspecified atom stereocenters. The molecular weight excluding hydrogens is 580 g/mol. The van der Waals surface area contributed by atoms with E-state index < -0.39 is 5.97 Å². The van der Waals surface area contributed by atoms with Gasteiger partial charge < -0.3 is 9.84 Å². The van der Waals surface area contributed by atoms with Crippen LogP contribution in [0, 0.1) is 0 Å². The number of ether oxygens (including phenoxy) is 1. The third-order valence-corrected chi connectivity index (χ3v) is 8.46. The van der Waals surface area contributed by atoms with Crippen LogP contribution in [0.3, 0.4) is 0 Å². The van der Waals surface area contributed by atoms with Gasteiger partial charge in [0.15, 0.2) is 0 Å². The van der Waals surface area contributed by atoms with Gasteiger partial charge in [0.2, 0.25) is 0 Å². The van der Waals surface area contributed by atoms with Crippen LogP contribution in [0.25, 0.3) is 0 Å². The van der Waals surface area contributed by atoms with Crippen LogP contribution in [0.1, 0.15) is 194 Å². The quantitative estimate of drug-likeness (QED) is 0.0419. The van der Waals surface area contributed by atoms with Crippen molar-refractivity contribution in [3.8, 4) is 0 Å². The molecule has 0 aromatic heterocycles. The molecule has 0 radical (unpaired) electrons. The van der Waals surface area contributed by atoms with Crippen molar-refractivity contribution in [1.29, 1.82) is 0 Å².